The van der Waals surface area contributed by atoms with Crippen LogP contribution in [0, 0.1) is 10.1 Å². The number of carbonyl (C=O) groups excluding carboxylic acids is 1. The van der Waals surface area contributed by atoms with E-state index >= 15 is 0 Å². The Hall–Kier alpha value is -3.94. The van der Waals surface area contributed by atoms with Gasteiger partial charge in [-0.1, -0.05) is 30.3 Å². The van der Waals surface area contributed by atoms with E-state index in [1.54, 1.807) is 30.3 Å². The molecule has 3 aromatic carbocycles. The second-order valence-corrected chi connectivity index (χ2v) is 7.26. The van der Waals surface area contributed by atoms with Crippen molar-refractivity contribution in [1.29, 1.82) is 0 Å². The topological polar surface area (TPSA) is 119 Å². The molecule has 0 aliphatic heterocycles. The van der Waals surface area contributed by atoms with Gasteiger partial charge in [0.2, 0.25) is 0 Å². The van der Waals surface area contributed by atoms with Crippen LogP contribution in [0.2, 0.25) is 0 Å². The summed E-state index contributed by atoms with van der Waals surface area (Å²) in [5, 5.41) is 24.2. The highest BCUT2D eigenvalue weighted by molar-refractivity contribution is 6.05. The Balaban J connectivity index is 1.94. The van der Waals surface area contributed by atoms with Crippen LogP contribution in [0.3, 0.4) is 0 Å². The van der Waals surface area contributed by atoms with E-state index in [4.69, 9.17) is 4.74 Å². The van der Waals surface area contributed by atoms with Crippen LogP contribution in [0.1, 0.15) is 29.8 Å². The van der Waals surface area contributed by atoms with E-state index in [1.165, 1.54) is 26.0 Å². The zero-order chi connectivity index (χ0) is 21.9. The number of hydrogen-bond donors (Lipinski definition) is 2. The molecule has 0 spiro atoms. The molecule has 8 heteroatoms. The van der Waals surface area contributed by atoms with Gasteiger partial charge in [-0.05, 0) is 43.0 Å². The van der Waals surface area contributed by atoms with Gasteiger partial charge in [-0.15, -0.1) is 0 Å². The molecule has 0 saturated heterocycles. The molecule has 0 atom stereocenters. The Morgan fingerprint density at radius 2 is 1.73 bits per heavy atom. The van der Waals surface area contributed by atoms with Crippen molar-refractivity contribution < 1.29 is 24.4 Å². The molecule has 0 radical (unpaired) electrons. The van der Waals surface area contributed by atoms with Crippen LogP contribution in [-0.4, -0.2) is 27.4 Å². The van der Waals surface area contributed by atoms with E-state index in [1.807, 2.05) is 18.2 Å². The molecular formula is C22H20N2O6. The van der Waals surface area contributed by atoms with Gasteiger partial charge in [-0.2, -0.15) is 0 Å². The number of carbonyl (C=O) groups is 2. The van der Waals surface area contributed by atoms with E-state index in [0.717, 1.165) is 5.39 Å². The molecule has 0 bridgehead atoms. The number of rotatable bonds is 7. The molecule has 8 nitrogen and oxygen atoms in total. The molecule has 0 saturated carbocycles. The fourth-order valence-corrected chi connectivity index (χ4v) is 2.85. The Kier molecular flexibility index (Phi) is 5.68. The Labute approximate surface area is 172 Å². The van der Waals surface area contributed by atoms with E-state index in [-0.39, 0.29) is 17.9 Å². The normalized spacial score (nSPS) is 11.1. The lowest BCUT2D eigenvalue weighted by Crippen LogP contribution is -2.49. The molecule has 0 unspecified atom stereocenters. The number of nitrogens with one attached hydrogen (secondary N) is 1. The molecular weight excluding hydrogens is 388 g/mol. The van der Waals surface area contributed by atoms with Crippen molar-refractivity contribution >= 4 is 28.3 Å². The van der Waals surface area contributed by atoms with Crippen molar-refractivity contribution in [3.8, 4) is 5.75 Å². The van der Waals surface area contributed by atoms with Crippen molar-refractivity contribution in [2.45, 2.75) is 26.0 Å². The van der Waals surface area contributed by atoms with Gasteiger partial charge in [-0.25, -0.2) is 4.79 Å². The smallest absolute Gasteiger partial charge is 0.328 e. The fraction of sp³-hybridized carbons (Fsp3) is 0.182. The highest BCUT2D eigenvalue weighted by atomic mass is 16.6. The molecule has 154 valence electrons. The number of amides is 1. The molecule has 0 fully saturated rings. The first-order chi connectivity index (χ1) is 14.2. The monoisotopic (exact) mass is 408 g/mol. The third-order valence-electron chi connectivity index (χ3n) is 4.62. The average Bonchev–Trinajstić information content (AvgIpc) is 2.71. The van der Waals surface area contributed by atoms with E-state index in [0.29, 0.717) is 16.7 Å². The predicted molar refractivity (Wildman–Crippen MR) is 111 cm³/mol. The SMILES string of the molecule is CC(C)(NC(=O)c1ccc2ccccc2c1OCc1ccc([N+](=O)[O-])cc1)C(=O)O. The number of carboxylic acids is 1. The number of fused-ring (bicyclic) bond motifs is 1. The van der Waals surface area contributed by atoms with Gasteiger partial charge in [0.25, 0.3) is 11.6 Å². The van der Waals surface area contributed by atoms with Gasteiger partial charge in [0, 0.05) is 17.5 Å². The van der Waals surface area contributed by atoms with Crippen LogP contribution in [0.4, 0.5) is 5.69 Å². The summed E-state index contributed by atoms with van der Waals surface area (Å²) < 4.78 is 5.95. The first-order valence-electron chi connectivity index (χ1n) is 9.13. The summed E-state index contributed by atoms with van der Waals surface area (Å²) in [6, 6.07) is 16.6. The van der Waals surface area contributed by atoms with E-state index in [9.17, 15) is 24.8 Å². The predicted octanol–water partition coefficient (Wildman–Crippen LogP) is 3.92. The van der Waals surface area contributed by atoms with Crippen LogP contribution in [0.5, 0.6) is 5.75 Å². The second kappa shape index (κ2) is 8.20. The molecule has 0 aliphatic carbocycles. The van der Waals surface area contributed by atoms with Crippen molar-refractivity contribution in [2.24, 2.45) is 0 Å². The Bertz CT molecular complexity index is 1120. The maximum atomic E-state index is 12.8. The van der Waals surface area contributed by atoms with E-state index in [2.05, 4.69) is 5.32 Å². The number of ether oxygens (including phenoxy) is 1. The number of aliphatic carboxylic acids is 1. The molecule has 0 heterocycles. The highest BCUT2D eigenvalue weighted by Gasteiger charge is 2.30. The fourth-order valence-electron chi connectivity index (χ4n) is 2.85. The van der Waals surface area contributed by atoms with E-state index < -0.39 is 22.3 Å². The second-order valence-electron chi connectivity index (χ2n) is 7.26. The molecule has 3 rings (SSSR count). The first-order valence-corrected chi connectivity index (χ1v) is 9.13. The van der Waals surface area contributed by atoms with Gasteiger partial charge < -0.3 is 15.2 Å². The van der Waals surface area contributed by atoms with Crippen molar-refractivity contribution in [1.82, 2.24) is 5.32 Å². The van der Waals surface area contributed by atoms with Gasteiger partial charge in [0.15, 0.2) is 0 Å². The standard InChI is InChI=1S/C22H20N2O6/c1-22(2,21(26)27)23-20(25)18-12-9-15-5-3-4-6-17(15)19(18)30-13-14-7-10-16(11-8-14)24(28)29/h3-12H,13H2,1-2H3,(H,23,25)(H,26,27). The number of nitro groups is 1. The minimum Gasteiger partial charge on any atom is -0.487 e. The summed E-state index contributed by atoms with van der Waals surface area (Å²) in [5.74, 6) is -1.43. The lowest BCUT2D eigenvalue weighted by atomic mass is 10.0. The van der Waals surface area contributed by atoms with Crippen molar-refractivity contribution in [3.05, 3.63) is 81.9 Å². The summed E-state index contributed by atoms with van der Waals surface area (Å²) in [6.45, 7) is 2.87. The summed E-state index contributed by atoms with van der Waals surface area (Å²) in [7, 11) is 0. The zero-order valence-corrected chi connectivity index (χ0v) is 16.4. The van der Waals surface area contributed by atoms with Gasteiger partial charge in [0.05, 0.1) is 10.5 Å². The zero-order valence-electron chi connectivity index (χ0n) is 16.4. The molecule has 30 heavy (non-hydrogen) atoms. The number of nitro benzene ring substituents is 1. The minimum atomic E-state index is -1.46. The number of hydrogen-bond acceptors (Lipinski definition) is 5. The first kappa shape index (κ1) is 20.8. The number of non-ortho nitro benzene ring substituents is 1. The van der Waals surface area contributed by atoms with Crippen LogP contribution in [-0.2, 0) is 11.4 Å². The lowest BCUT2D eigenvalue weighted by Gasteiger charge is -2.22. The lowest BCUT2D eigenvalue weighted by molar-refractivity contribution is -0.384. The number of carboxylic acid groups (broad SMARTS) is 1. The van der Waals surface area contributed by atoms with Gasteiger partial charge >= 0.3 is 5.97 Å². The minimum absolute atomic E-state index is 0.0279. The Morgan fingerprint density at radius 1 is 1.07 bits per heavy atom. The summed E-state index contributed by atoms with van der Waals surface area (Å²) in [6.07, 6.45) is 0. The number of benzene rings is 3. The van der Waals surface area contributed by atoms with Crippen LogP contribution in [0.25, 0.3) is 10.8 Å². The van der Waals surface area contributed by atoms with Gasteiger partial charge in [0.1, 0.15) is 17.9 Å². The molecule has 0 aliphatic rings. The van der Waals surface area contributed by atoms with Crippen molar-refractivity contribution in [2.75, 3.05) is 0 Å². The summed E-state index contributed by atoms with van der Waals surface area (Å²) in [4.78, 5) is 34.5. The highest BCUT2D eigenvalue weighted by Crippen LogP contribution is 2.31. The van der Waals surface area contributed by atoms with Gasteiger partial charge in [-0.3, -0.25) is 14.9 Å². The van der Waals surface area contributed by atoms with Crippen molar-refractivity contribution in [3.63, 3.8) is 0 Å². The third kappa shape index (κ3) is 4.38. The molecule has 2 N–H and O–H groups in total. The van der Waals surface area contributed by atoms with Crippen LogP contribution in [0.15, 0.2) is 60.7 Å². The largest absolute Gasteiger partial charge is 0.487 e. The molecule has 3 aromatic rings. The average molecular weight is 408 g/mol. The molecule has 0 aromatic heterocycles. The summed E-state index contributed by atoms with van der Waals surface area (Å²) in [5.41, 5.74) is -0.603. The van der Waals surface area contributed by atoms with Crippen LogP contribution >= 0.6 is 0 Å². The Morgan fingerprint density at radius 3 is 2.37 bits per heavy atom. The third-order valence-corrected chi connectivity index (χ3v) is 4.62. The maximum Gasteiger partial charge on any atom is 0.328 e. The van der Waals surface area contributed by atoms with Crippen LogP contribution < -0.4 is 10.1 Å². The summed E-state index contributed by atoms with van der Waals surface area (Å²) >= 11 is 0. The number of nitrogens with zero attached hydrogens (tertiary/aromatic N) is 1. The maximum absolute atomic E-state index is 12.8. The molecule has 1 amide bonds. The quantitative estimate of drug-likeness (QED) is 0.452.